The van der Waals surface area contributed by atoms with Crippen LogP contribution in [0.3, 0.4) is 0 Å². The number of carbonyl (C=O) groups excluding carboxylic acids is 1. The first-order chi connectivity index (χ1) is 10.1. The van der Waals surface area contributed by atoms with Crippen LogP contribution in [0.4, 0.5) is 0 Å². The Balaban J connectivity index is 3.25. The summed E-state index contributed by atoms with van der Waals surface area (Å²) in [6.45, 7) is 8.18. The minimum atomic E-state index is -0.158. The van der Waals surface area contributed by atoms with E-state index in [9.17, 15) is 4.79 Å². The van der Waals surface area contributed by atoms with E-state index in [1.165, 1.54) is 21.3 Å². The first kappa shape index (κ1) is 16.6. The number of benzene rings is 1. The highest BCUT2D eigenvalue weighted by atomic mass is 16.5. The van der Waals surface area contributed by atoms with Gasteiger partial charge in [0.1, 0.15) is 0 Å². The van der Waals surface area contributed by atoms with Crippen molar-refractivity contribution in [1.29, 1.82) is 0 Å². The van der Waals surface area contributed by atoms with Crippen LogP contribution in [0.5, 0.6) is 17.2 Å². The van der Waals surface area contributed by atoms with Crippen molar-refractivity contribution in [2.24, 2.45) is 0 Å². The fraction of sp³-hybridized carbons (Fsp3) is 0.312. The van der Waals surface area contributed by atoms with Crippen LogP contribution in [-0.4, -0.2) is 45.2 Å². The summed E-state index contributed by atoms with van der Waals surface area (Å²) in [7, 11) is 4.54. The first-order valence-corrected chi connectivity index (χ1v) is 6.43. The lowest BCUT2D eigenvalue weighted by Gasteiger charge is -2.21. The fourth-order valence-electron chi connectivity index (χ4n) is 1.94. The summed E-state index contributed by atoms with van der Waals surface area (Å²) < 4.78 is 15.7. The third-order valence-corrected chi connectivity index (χ3v) is 2.90. The van der Waals surface area contributed by atoms with E-state index in [2.05, 4.69) is 13.2 Å². The molecule has 114 valence electrons. The summed E-state index contributed by atoms with van der Waals surface area (Å²) in [5, 5.41) is 0. The van der Waals surface area contributed by atoms with Gasteiger partial charge in [-0.05, 0) is 12.1 Å². The van der Waals surface area contributed by atoms with Crippen molar-refractivity contribution in [3.63, 3.8) is 0 Å². The van der Waals surface area contributed by atoms with Crippen molar-refractivity contribution >= 4 is 5.91 Å². The third-order valence-electron chi connectivity index (χ3n) is 2.90. The fourth-order valence-corrected chi connectivity index (χ4v) is 1.94. The minimum Gasteiger partial charge on any atom is -0.493 e. The first-order valence-electron chi connectivity index (χ1n) is 6.43. The van der Waals surface area contributed by atoms with Crippen molar-refractivity contribution in [1.82, 2.24) is 4.90 Å². The molecule has 0 aliphatic rings. The molecule has 0 atom stereocenters. The van der Waals surface area contributed by atoms with Crippen LogP contribution >= 0.6 is 0 Å². The molecule has 5 heteroatoms. The lowest BCUT2D eigenvalue weighted by atomic mass is 10.1. The van der Waals surface area contributed by atoms with Crippen LogP contribution in [0.25, 0.3) is 0 Å². The minimum absolute atomic E-state index is 0.158. The number of amides is 1. The summed E-state index contributed by atoms with van der Waals surface area (Å²) >= 11 is 0. The number of carbonyl (C=O) groups is 1. The maximum Gasteiger partial charge on any atom is 0.254 e. The number of rotatable bonds is 8. The molecule has 1 aromatic rings. The molecule has 1 amide bonds. The Labute approximate surface area is 125 Å². The van der Waals surface area contributed by atoms with Crippen molar-refractivity contribution in [2.45, 2.75) is 0 Å². The Morgan fingerprint density at radius 3 is 1.86 bits per heavy atom. The highest BCUT2D eigenvalue weighted by Crippen LogP contribution is 2.38. The van der Waals surface area contributed by atoms with E-state index in [0.717, 1.165) is 0 Å². The normalized spacial score (nSPS) is 9.67. The van der Waals surface area contributed by atoms with Gasteiger partial charge >= 0.3 is 0 Å². The van der Waals surface area contributed by atoms with Gasteiger partial charge in [0, 0.05) is 18.7 Å². The average molecular weight is 291 g/mol. The van der Waals surface area contributed by atoms with Crippen molar-refractivity contribution in [3.05, 3.63) is 43.0 Å². The Morgan fingerprint density at radius 2 is 1.52 bits per heavy atom. The van der Waals surface area contributed by atoms with Gasteiger partial charge < -0.3 is 19.1 Å². The lowest BCUT2D eigenvalue weighted by molar-refractivity contribution is 0.0790. The summed E-state index contributed by atoms with van der Waals surface area (Å²) in [5.41, 5.74) is 0.452. The average Bonchev–Trinajstić information content (AvgIpc) is 2.52. The van der Waals surface area contributed by atoms with Crippen molar-refractivity contribution < 1.29 is 19.0 Å². The Morgan fingerprint density at radius 1 is 1.05 bits per heavy atom. The maximum absolute atomic E-state index is 12.5. The van der Waals surface area contributed by atoms with Gasteiger partial charge in [-0.1, -0.05) is 12.2 Å². The van der Waals surface area contributed by atoms with Crippen molar-refractivity contribution in [2.75, 3.05) is 34.4 Å². The van der Waals surface area contributed by atoms with E-state index >= 15 is 0 Å². The number of methoxy groups -OCH3 is 3. The lowest BCUT2D eigenvalue weighted by Crippen LogP contribution is -2.31. The SMILES string of the molecule is C=CCN(CC=C)C(=O)c1cc(OC)c(OC)c(OC)c1. The van der Waals surface area contributed by atoms with E-state index in [1.54, 1.807) is 29.2 Å². The van der Waals surface area contributed by atoms with Gasteiger partial charge in [0.15, 0.2) is 11.5 Å². The highest BCUT2D eigenvalue weighted by molar-refractivity contribution is 5.95. The quantitative estimate of drug-likeness (QED) is 0.691. The smallest absolute Gasteiger partial charge is 0.254 e. The number of hydrogen-bond donors (Lipinski definition) is 0. The third kappa shape index (κ3) is 3.78. The summed E-state index contributed by atoms with van der Waals surface area (Å²) in [5.74, 6) is 1.18. The van der Waals surface area contributed by atoms with Gasteiger partial charge in [-0.15, -0.1) is 13.2 Å². The molecule has 0 aromatic heterocycles. The molecule has 0 aliphatic heterocycles. The molecule has 0 saturated carbocycles. The zero-order chi connectivity index (χ0) is 15.8. The van der Waals surface area contributed by atoms with E-state index in [4.69, 9.17) is 14.2 Å². The van der Waals surface area contributed by atoms with Gasteiger partial charge in [0.2, 0.25) is 5.75 Å². The Hall–Kier alpha value is -2.43. The van der Waals surface area contributed by atoms with Crippen LogP contribution in [0.15, 0.2) is 37.4 Å². The topological polar surface area (TPSA) is 48.0 Å². The van der Waals surface area contributed by atoms with Crippen LogP contribution in [0, 0.1) is 0 Å². The van der Waals surface area contributed by atoms with E-state index in [-0.39, 0.29) is 5.91 Å². The second-order valence-electron chi connectivity index (χ2n) is 4.20. The molecule has 0 spiro atoms. The molecular formula is C16H21NO4. The molecule has 0 N–H and O–H groups in total. The van der Waals surface area contributed by atoms with Gasteiger partial charge in [-0.2, -0.15) is 0 Å². The number of nitrogens with zero attached hydrogens (tertiary/aromatic N) is 1. The largest absolute Gasteiger partial charge is 0.493 e. The van der Waals surface area contributed by atoms with Crippen LogP contribution in [0.1, 0.15) is 10.4 Å². The number of ether oxygens (including phenoxy) is 3. The molecule has 21 heavy (non-hydrogen) atoms. The Bertz CT molecular complexity index is 490. The summed E-state index contributed by atoms with van der Waals surface area (Å²) in [6.07, 6.45) is 3.33. The number of hydrogen-bond acceptors (Lipinski definition) is 4. The maximum atomic E-state index is 12.5. The van der Waals surface area contributed by atoms with Gasteiger partial charge in [0.05, 0.1) is 21.3 Å². The predicted molar refractivity (Wildman–Crippen MR) is 82.4 cm³/mol. The monoisotopic (exact) mass is 291 g/mol. The summed E-state index contributed by atoms with van der Waals surface area (Å²) in [4.78, 5) is 14.2. The van der Waals surface area contributed by atoms with E-state index in [1.807, 2.05) is 0 Å². The molecule has 1 aromatic carbocycles. The Kier molecular flexibility index (Phi) is 6.33. The molecule has 0 fully saturated rings. The van der Waals surface area contributed by atoms with Gasteiger partial charge in [0.25, 0.3) is 5.91 Å². The van der Waals surface area contributed by atoms with Crippen LogP contribution in [0.2, 0.25) is 0 Å². The highest BCUT2D eigenvalue weighted by Gasteiger charge is 2.20. The molecule has 0 saturated heterocycles. The standard InChI is InChI=1S/C16H21NO4/c1-6-8-17(9-7-2)16(18)12-10-13(19-3)15(21-5)14(11-12)20-4/h6-7,10-11H,1-2,8-9H2,3-5H3. The second-order valence-corrected chi connectivity index (χ2v) is 4.20. The molecular weight excluding hydrogens is 270 g/mol. The van der Waals surface area contributed by atoms with Crippen molar-refractivity contribution in [3.8, 4) is 17.2 Å². The van der Waals surface area contributed by atoms with E-state index < -0.39 is 0 Å². The molecule has 0 unspecified atom stereocenters. The molecule has 1 rings (SSSR count). The molecule has 0 radical (unpaired) electrons. The van der Waals surface area contributed by atoms with Gasteiger partial charge in [-0.3, -0.25) is 4.79 Å². The van der Waals surface area contributed by atoms with E-state index in [0.29, 0.717) is 35.9 Å². The van der Waals surface area contributed by atoms with Crippen LogP contribution < -0.4 is 14.2 Å². The molecule has 0 heterocycles. The molecule has 5 nitrogen and oxygen atoms in total. The zero-order valence-electron chi connectivity index (χ0n) is 12.7. The van der Waals surface area contributed by atoms with Gasteiger partial charge in [-0.25, -0.2) is 0 Å². The molecule has 0 bridgehead atoms. The molecule has 0 aliphatic carbocycles. The van der Waals surface area contributed by atoms with Crippen LogP contribution in [-0.2, 0) is 0 Å². The predicted octanol–water partition coefficient (Wildman–Crippen LogP) is 2.53. The summed E-state index contributed by atoms with van der Waals surface area (Å²) in [6, 6.07) is 3.26. The zero-order valence-corrected chi connectivity index (χ0v) is 12.7. The second kappa shape index (κ2) is 7.99.